The second kappa shape index (κ2) is 7.88. The van der Waals surface area contributed by atoms with E-state index in [0.29, 0.717) is 37.1 Å². The molecule has 1 aromatic rings. The van der Waals surface area contributed by atoms with Crippen LogP contribution in [0.1, 0.15) is 18.7 Å². The van der Waals surface area contributed by atoms with Crippen molar-refractivity contribution in [2.24, 2.45) is 5.92 Å². The first-order chi connectivity index (χ1) is 14.6. The molecule has 1 saturated heterocycles. The third-order valence-electron chi connectivity index (χ3n) is 5.56. The molecular formula is C20H22ClFN6O2. The average molecular weight is 433 g/mol. The summed E-state index contributed by atoms with van der Waals surface area (Å²) in [4.78, 5) is 22.7. The first-order valence-corrected chi connectivity index (χ1v) is 10.4. The van der Waals surface area contributed by atoms with Crippen LogP contribution in [0.25, 0.3) is 5.57 Å². The first-order valence-electron chi connectivity index (χ1n) is 10.1. The number of rotatable bonds is 5. The maximum atomic E-state index is 14.3. The van der Waals surface area contributed by atoms with Gasteiger partial charge >= 0.3 is 0 Å². The molecular weight excluding hydrogens is 411 g/mol. The zero-order valence-corrected chi connectivity index (χ0v) is 17.0. The number of fused-ring (bicyclic) bond motifs is 1. The molecule has 2 fully saturated rings. The summed E-state index contributed by atoms with van der Waals surface area (Å²) in [6.07, 6.45) is 8.10. The minimum absolute atomic E-state index is 0.101. The van der Waals surface area contributed by atoms with E-state index in [4.69, 9.17) is 16.3 Å². The number of ether oxygens (including phenoxy) is 1. The number of morpholine rings is 1. The molecule has 8 nitrogen and oxygen atoms in total. The highest BCUT2D eigenvalue weighted by atomic mass is 35.5. The van der Waals surface area contributed by atoms with Gasteiger partial charge in [0.25, 0.3) is 0 Å². The molecule has 30 heavy (non-hydrogen) atoms. The van der Waals surface area contributed by atoms with Crippen LogP contribution >= 0.6 is 11.6 Å². The Hall–Kier alpha value is -2.65. The molecule has 0 radical (unpaired) electrons. The molecule has 0 bridgehead atoms. The number of carbonyl (C=O) groups excluding carboxylic acids is 1. The van der Waals surface area contributed by atoms with Gasteiger partial charge in [-0.15, -0.1) is 0 Å². The number of hydrogen-bond acceptors (Lipinski definition) is 7. The summed E-state index contributed by atoms with van der Waals surface area (Å²) >= 11 is 6.10. The van der Waals surface area contributed by atoms with Gasteiger partial charge in [-0.1, -0.05) is 11.6 Å². The van der Waals surface area contributed by atoms with Gasteiger partial charge in [0.05, 0.1) is 23.9 Å². The molecule has 4 heterocycles. The molecule has 2 atom stereocenters. The number of nitrogens with one attached hydrogen (secondary N) is 3. The first kappa shape index (κ1) is 19.3. The van der Waals surface area contributed by atoms with Gasteiger partial charge in [-0.2, -0.15) is 0 Å². The van der Waals surface area contributed by atoms with Crippen molar-refractivity contribution in [2.75, 3.05) is 31.6 Å². The van der Waals surface area contributed by atoms with Crippen LogP contribution in [0.4, 0.5) is 10.2 Å². The summed E-state index contributed by atoms with van der Waals surface area (Å²) in [7, 11) is 0. The van der Waals surface area contributed by atoms with Crippen molar-refractivity contribution in [3.05, 3.63) is 46.9 Å². The highest BCUT2D eigenvalue weighted by molar-refractivity contribution is 6.31. The van der Waals surface area contributed by atoms with Crippen LogP contribution in [-0.4, -0.2) is 59.3 Å². The predicted molar refractivity (Wildman–Crippen MR) is 110 cm³/mol. The van der Waals surface area contributed by atoms with Gasteiger partial charge in [0, 0.05) is 49.1 Å². The number of nitrogens with zero attached hydrogens (tertiary/aromatic N) is 3. The van der Waals surface area contributed by atoms with Crippen LogP contribution < -0.4 is 16.0 Å². The van der Waals surface area contributed by atoms with Gasteiger partial charge in [0.1, 0.15) is 6.17 Å². The Morgan fingerprint density at radius 1 is 1.37 bits per heavy atom. The number of anilines is 1. The fraction of sp³-hybridized carbons (Fsp3) is 0.450. The maximum absolute atomic E-state index is 14.3. The quantitative estimate of drug-likeness (QED) is 0.650. The van der Waals surface area contributed by atoms with Crippen molar-refractivity contribution in [3.63, 3.8) is 0 Å². The van der Waals surface area contributed by atoms with Crippen LogP contribution in [-0.2, 0) is 9.53 Å². The Balaban J connectivity index is 1.26. The van der Waals surface area contributed by atoms with E-state index in [-0.39, 0.29) is 29.9 Å². The molecule has 1 aliphatic carbocycles. The van der Waals surface area contributed by atoms with Crippen molar-refractivity contribution >= 4 is 28.9 Å². The summed E-state index contributed by atoms with van der Waals surface area (Å²) in [6.45, 7) is 1.95. The third-order valence-corrected chi connectivity index (χ3v) is 5.78. The van der Waals surface area contributed by atoms with Crippen LogP contribution in [0, 0.1) is 11.7 Å². The Morgan fingerprint density at radius 3 is 3.03 bits per heavy atom. The number of dihydropyridines is 1. The van der Waals surface area contributed by atoms with E-state index in [9.17, 15) is 9.18 Å². The zero-order valence-electron chi connectivity index (χ0n) is 16.2. The van der Waals surface area contributed by atoms with E-state index in [0.717, 1.165) is 30.2 Å². The molecule has 1 aromatic heterocycles. The normalized spacial score (nSPS) is 25.4. The second-order valence-electron chi connectivity index (χ2n) is 7.78. The minimum atomic E-state index is -0.544. The van der Waals surface area contributed by atoms with Crippen LogP contribution in [0.3, 0.4) is 0 Å². The molecule has 3 N–H and O–H groups in total. The minimum Gasteiger partial charge on any atom is -0.373 e. The standard InChI is InChI=1S/C20H22ClFN6O2/c21-12-5-14-15(8-25-17(14)23-6-12)18-26-9-16(22)19(27-18)24-7-13-10-28(3-4-30-13)20(29)11-1-2-11/h5-6,8-9,11,13,17,23,25H,1-4,7,10H2,(H,24,26,27). The number of aromatic nitrogens is 2. The Kier molecular flexibility index (Phi) is 5.08. The molecule has 2 unspecified atom stereocenters. The van der Waals surface area contributed by atoms with Crippen molar-refractivity contribution in [1.82, 2.24) is 25.5 Å². The van der Waals surface area contributed by atoms with Crippen molar-refractivity contribution in [3.8, 4) is 0 Å². The van der Waals surface area contributed by atoms with E-state index in [1.165, 1.54) is 0 Å². The van der Waals surface area contributed by atoms with Crippen LogP contribution in [0.15, 0.2) is 35.3 Å². The zero-order chi connectivity index (χ0) is 20.7. The smallest absolute Gasteiger partial charge is 0.225 e. The molecule has 1 amide bonds. The van der Waals surface area contributed by atoms with Crippen molar-refractivity contribution in [1.29, 1.82) is 0 Å². The third kappa shape index (κ3) is 3.87. The molecule has 1 saturated carbocycles. The van der Waals surface area contributed by atoms with Crippen molar-refractivity contribution in [2.45, 2.75) is 25.1 Å². The summed E-state index contributed by atoms with van der Waals surface area (Å²) < 4.78 is 20.1. The average Bonchev–Trinajstić information content (AvgIpc) is 3.53. The topological polar surface area (TPSA) is 91.4 Å². The summed E-state index contributed by atoms with van der Waals surface area (Å²) in [5.41, 5.74) is 1.64. The lowest BCUT2D eigenvalue weighted by atomic mass is 10.0. The van der Waals surface area contributed by atoms with E-state index in [1.807, 2.05) is 11.0 Å². The molecule has 5 rings (SSSR count). The number of allylic oxidation sites excluding steroid dienone is 2. The summed E-state index contributed by atoms with van der Waals surface area (Å²) in [6, 6.07) is 0. The maximum Gasteiger partial charge on any atom is 0.225 e. The molecule has 4 aliphatic rings. The van der Waals surface area contributed by atoms with Gasteiger partial charge in [0.15, 0.2) is 17.5 Å². The van der Waals surface area contributed by atoms with Crippen molar-refractivity contribution < 1.29 is 13.9 Å². The summed E-state index contributed by atoms with van der Waals surface area (Å²) in [5.74, 6) is 0.337. The number of halogens is 2. The molecule has 10 heteroatoms. The Bertz CT molecular complexity index is 961. The predicted octanol–water partition coefficient (Wildman–Crippen LogP) is 1.54. The number of hydrogen-bond donors (Lipinski definition) is 3. The van der Waals surface area contributed by atoms with E-state index < -0.39 is 5.82 Å². The van der Waals surface area contributed by atoms with E-state index in [2.05, 4.69) is 25.9 Å². The largest absolute Gasteiger partial charge is 0.373 e. The molecule has 0 spiro atoms. The van der Waals surface area contributed by atoms with Crippen LogP contribution in [0.5, 0.6) is 0 Å². The number of carbonyl (C=O) groups is 1. The lowest BCUT2D eigenvalue weighted by Crippen LogP contribution is -2.48. The van der Waals surface area contributed by atoms with E-state index >= 15 is 0 Å². The fourth-order valence-electron chi connectivity index (χ4n) is 3.80. The van der Waals surface area contributed by atoms with E-state index in [1.54, 1.807) is 12.4 Å². The molecule has 158 valence electrons. The van der Waals surface area contributed by atoms with Gasteiger partial charge in [-0.05, 0) is 18.9 Å². The van der Waals surface area contributed by atoms with Gasteiger partial charge < -0.3 is 25.6 Å². The highest BCUT2D eigenvalue weighted by Gasteiger charge is 2.35. The second-order valence-corrected chi connectivity index (χ2v) is 8.21. The summed E-state index contributed by atoms with van der Waals surface area (Å²) in [5, 5.41) is 9.90. The van der Waals surface area contributed by atoms with Gasteiger partial charge in [0.2, 0.25) is 5.91 Å². The van der Waals surface area contributed by atoms with Crippen LogP contribution in [0.2, 0.25) is 0 Å². The fourth-order valence-corrected chi connectivity index (χ4v) is 3.98. The monoisotopic (exact) mass is 432 g/mol. The molecule has 0 aromatic carbocycles. The lowest BCUT2D eigenvalue weighted by Gasteiger charge is -2.33. The van der Waals surface area contributed by atoms with Gasteiger partial charge in [-0.3, -0.25) is 4.79 Å². The highest BCUT2D eigenvalue weighted by Crippen LogP contribution is 2.32. The lowest BCUT2D eigenvalue weighted by molar-refractivity contribution is -0.139. The Labute approximate surface area is 178 Å². The SMILES string of the molecule is O=C(C1CC1)N1CCOC(CNc2nc(C3=CNC4NC=C(Cl)C=C34)ncc2F)C1. The number of amides is 1. The Morgan fingerprint density at radius 2 is 2.20 bits per heavy atom. The molecule has 3 aliphatic heterocycles. The van der Waals surface area contributed by atoms with Gasteiger partial charge in [-0.25, -0.2) is 14.4 Å².